The third-order valence-electron chi connectivity index (χ3n) is 3.14. The molecule has 0 fully saturated rings. The third kappa shape index (κ3) is 4.12. The largest absolute Gasteiger partial charge is 0.368 e. The van der Waals surface area contributed by atoms with E-state index in [0.717, 1.165) is 21.9 Å². The molecular weight excluding hydrogens is 280 g/mol. The van der Waals surface area contributed by atoms with Crippen molar-refractivity contribution in [3.05, 3.63) is 53.2 Å². The smallest absolute Gasteiger partial charge is 0.127 e. The number of nitrogens with zero attached hydrogens (tertiary/aromatic N) is 1. The van der Waals surface area contributed by atoms with E-state index in [1.165, 1.54) is 0 Å². The van der Waals surface area contributed by atoms with Crippen molar-refractivity contribution >= 4 is 22.8 Å². The molecule has 5 heteroatoms. The minimum atomic E-state index is -0.252. The Hall–Kier alpha value is -1.72. The van der Waals surface area contributed by atoms with E-state index in [-0.39, 0.29) is 5.54 Å². The molecule has 1 heterocycles. The van der Waals surface area contributed by atoms with Crippen molar-refractivity contribution in [2.45, 2.75) is 26.3 Å². The van der Waals surface area contributed by atoms with Gasteiger partial charge in [-0.1, -0.05) is 36.5 Å². The fraction of sp³-hybridized carbons (Fsp3) is 0.312. The van der Waals surface area contributed by atoms with Crippen LogP contribution in [0.4, 0.5) is 0 Å². The summed E-state index contributed by atoms with van der Waals surface area (Å²) in [6.45, 7) is 10.8. The van der Waals surface area contributed by atoms with Gasteiger partial charge in [-0.05, 0) is 38.3 Å². The Morgan fingerprint density at radius 2 is 2.19 bits per heavy atom. The Bertz CT molecular complexity index is 610. The Morgan fingerprint density at radius 3 is 2.90 bits per heavy atom. The van der Waals surface area contributed by atoms with Crippen LogP contribution in [0.3, 0.4) is 0 Å². The SMILES string of the molecule is C=C(NCNC(C)(C)c1nc2ccccc2[nH]1)S/C=C\C. The van der Waals surface area contributed by atoms with Gasteiger partial charge in [-0.3, -0.25) is 5.32 Å². The lowest BCUT2D eigenvalue weighted by molar-refractivity contribution is 0.378. The predicted octanol–water partition coefficient (Wildman–Crippen LogP) is 3.67. The topological polar surface area (TPSA) is 52.7 Å². The van der Waals surface area contributed by atoms with Gasteiger partial charge in [0.2, 0.25) is 0 Å². The summed E-state index contributed by atoms with van der Waals surface area (Å²) in [7, 11) is 0. The summed E-state index contributed by atoms with van der Waals surface area (Å²) in [4.78, 5) is 8.02. The quantitative estimate of drug-likeness (QED) is 0.683. The molecule has 1 aromatic carbocycles. The number of hydrogen-bond acceptors (Lipinski definition) is 4. The van der Waals surface area contributed by atoms with Gasteiger partial charge in [-0.25, -0.2) is 4.98 Å². The maximum atomic E-state index is 4.65. The zero-order chi connectivity index (χ0) is 15.3. The highest BCUT2D eigenvalue weighted by molar-refractivity contribution is 8.05. The van der Waals surface area contributed by atoms with Gasteiger partial charge >= 0.3 is 0 Å². The molecule has 2 aromatic rings. The average Bonchev–Trinajstić information content (AvgIpc) is 2.89. The highest BCUT2D eigenvalue weighted by Crippen LogP contribution is 2.20. The van der Waals surface area contributed by atoms with Crippen LogP contribution in [0, 0.1) is 0 Å². The van der Waals surface area contributed by atoms with Crippen molar-refractivity contribution in [3.8, 4) is 0 Å². The number of allylic oxidation sites excluding steroid dienone is 1. The van der Waals surface area contributed by atoms with E-state index in [1.807, 2.05) is 42.7 Å². The zero-order valence-electron chi connectivity index (χ0n) is 12.7. The Morgan fingerprint density at radius 1 is 1.43 bits per heavy atom. The van der Waals surface area contributed by atoms with E-state index in [2.05, 4.69) is 41.0 Å². The molecule has 0 saturated carbocycles. The van der Waals surface area contributed by atoms with Gasteiger partial charge in [0, 0.05) is 0 Å². The van der Waals surface area contributed by atoms with Crippen LogP contribution in [-0.2, 0) is 5.54 Å². The van der Waals surface area contributed by atoms with Crippen LogP contribution in [0.5, 0.6) is 0 Å². The molecule has 4 nitrogen and oxygen atoms in total. The number of aromatic amines is 1. The molecule has 21 heavy (non-hydrogen) atoms. The summed E-state index contributed by atoms with van der Waals surface area (Å²) in [5.41, 5.74) is 1.80. The van der Waals surface area contributed by atoms with Crippen molar-refractivity contribution < 1.29 is 0 Å². The molecule has 3 N–H and O–H groups in total. The second-order valence-electron chi connectivity index (χ2n) is 5.27. The first kappa shape index (κ1) is 15.7. The van der Waals surface area contributed by atoms with Gasteiger partial charge in [-0.15, -0.1) is 0 Å². The molecule has 112 valence electrons. The number of thioether (sulfide) groups is 1. The van der Waals surface area contributed by atoms with Crippen molar-refractivity contribution in [1.82, 2.24) is 20.6 Å². The van der Waals surface area contributed by atoms with E-state index < -0.39 is 0 Å². The summed E-state index contributed by atoms with van der Waals surface area (Å²) in [6.07, 6.45) is 1.99. The number of imidazole rings is 1. The number of para-hydroxylation sites is 2. The first-order valence-corrected chi connectivity index (χ1v) is 7.82. The van der Waals surface area contributed by atoms with Gasteiger partial charge in [-0.2, -0.15) is 0 Å². The van der Waals surface area contributed by atoms with Crippen LogP contribution in [-0.4, -0.2) is 16.6 Å². The molecule has 0 radical (unpaired) electrons. The number of H-pyrrole nitrogens is 1. The lowest BCUT2D eigenvalue weighted by Crippen LogP contribution is -2.42. The third-order valence-corrected chi connectivity index (χ3v) is 3.98. The molecule has 2 rings (SSSR count). The van der Waals surface area contributed by atoms with Gasteiger partial charge in [0.25, 0.3) is 0 Å². The summed E-state index contributed by atoms with van der Waals surface area (Å²) >= 11 is 1.58. The van der Waals surface area contributed by atoms with E-state index in [9.17, 15) is 0 Å². The first-order valence-electron chi connectivity index (χ1n) is 6.94. The van der Waals surface area contributed by atoms with Crippen molar-refractivity contribution in [2.75, 3.05) is 6.67 Å². The minimum absolute atomic E-state index is 0.252. The standard InChI is InChI=1S/C16H22N4S/c1-5-10-21-12(2)17-11-18-16(3,4)15-19-13-8-6-7-9-14(13)20-15/h5-10,17-18H,2,11H2,1,3-4H3,(H,19,20)/b10-5-. The molecule has 0 bridgehead atoms. The number of rotatable bonds is 7. The highest BCUT2D eigenvalue weighted by Gasteiger charge is 2.23. The lowest BCUT2D eigenvalue weighted by atomic mass is 10.1. The fourth-order valence-corrected chi connectivity index (χ4v) is 2.34. The number of hydrogen-bond donors (Lipinski definition) is 3. The molecule has 0 unspecified atom stereocenters. The zero-order valence-corrected chi connectivity index (χ0v) is 13.6. The normalized spacial score (nSPS) is 12.1. The number of aromatic nitrogens is 2. The van der Waals surface area contributed by atoms with Crippen LogP contribution in [0.2, 0.25) is 0 Å². The summed E-state index contributed by atoms with van der Waals surface area (Å²) < 4.78 is 0. The Kier molecular flexibility index (Phi) is 5.09. The minimum Gasteiger partial charge on any atom is -0.368 e. The maximum Gasteiger partial charge on any atom is 0.127 e. The van der Waals surface area contributed by atoms with E-state index in [4.69, 9.17) is 0 Å². The van der Waals surface area contributed by atoms with Gasteiger partial charge in [0.15, 0.2) is 0 Å². The van der Waals surface area contributed by atoms with Crippen molar-refractivity contribution in [1.29, 1.82) is 0 Å². The van der Waals surface area contributed by atoms with Crippen molar-refractivity contribution in [2.24, 2.45) is 0 Å². The van der Waals surface area contributed by atoms with E-state index >= 15 is 0 Å². The van der Waals surface area contributed by atoms with Gasteiger partial charge in [0.1, 0.15) is 5.82 Å². The summed E-state index contributed by atoms with van der Waals surface area (Å²) in [5, 5.41) is 9.60. The van der Waals surface area contributed by atoms with E-state index in [0.29, 0.717) is 6.67 Å². The van der Waals surface area contributed by atoms with E-state index in [1.54, 1.807) is 11.8 Å². The van der Waals surface area contributed by atoms with Crippen LogP contribution in [0.25, 0.3) is 11.0 Å². The fourth-order valence-electron chi connectivity index (χ4n) is 1.89. The van der Waals surface area contributed by atoms with Gasteiger partial charge in [0.05, 0.1) is 28.3 Å². The van der Waals surface area contributed by atoms with Crippen LogP contribution < -0.4 is 10.6 Å². The molecule has 0 aliphatic rings. The Balaban J connectivity index is 1.96. The molecule has 0 atom stereocenters. The molecular formula is C16H22N4S. The monoisotopic (exact) mass is 302 g/mol. The van der Waals surface area contributed by atoms with Crippen molar-refractivity contribution in [3.63, 3.8) is 0 Å². The average molecular weight is 302 g/mol. The highest BCUT2D eigenvalue weighted by atomic mass is 32.2. The molecule has 0 amide bonds. The molecule has 0 aliphatic carbocycles. The number of nitrogens with one attached hydrogen (secondary N) is 3. The maximum absolute atomic E-state index is 4.65. The molecule has 1 aromatic heterocycles. The van der Waals surface area contributed by atoms with Crippen LogP contribution in [0.1, 0.15) is 26.6 Å². The van der Waals surface area contributed by atoms with Crippen LogP contribution in [0.15, 0.2) is 47.4 Å². The molecule has 0 saturated heterocycles. The first-order chi connectivity index (χ1) is 10.0. The predicted molar refractivity (Wildman–Crippen MR) is 91.8 cm³/mol. The molecule has 0 aliphatic heterocycles. The second-order valence-corrected chi connectivity index (χ2v) is 6.27. The van der Waals surface area contributed by atoms with Gasteiger partial charge < -0.3 is 10.3 Å². The summed E-state index contributed by atoms with van der Waals surface area (Å²) in [6, 6.07) is 8.06. The van der Waals surface area contributed by atoms with Crippen LogP contribution >= 0.6 is 11.8 Å². The summed E-state index contributed by atoms with van der Waals surface area (Å²) in [5.74, 6) is 0.928. The number of fused-ring (bicyclic) bond motifs is 1. The Labute approximate surface area is 130 Å². The number of benzene rings is 1. The lowest BCUT2D eigenvalue weighted by Gasteiger charge is -2.24. The second kappa shape index (κ2) is 6.83. The molecule has 0 spiro atoms.